The van der Waals surface area contributed by atoms with Gasteiger partial charge in [0, 0.05) is 16.5 Å². The molecule has 3 aromatic rings. The summed E-state index contributed by atoms with van der Waals surface area (Å²) in [5.74, 6) is 0.327. The van der Waals surface area contributed by atoms with Crippen LogP contribution in [0.25, 0.3) is 10.9 Å². The number of nitrogens with one attached hydrogen (secondary N) is 2. The molecule has 0 spiro atoms. The average molecular weight is 359 g/mol. The Morgan fingerprint density at radius 3 is 2.88 bits per heavy atom. The first-order chi connectivity index (χ1) is 12.0. The van der Waals surface area contributed by atoms with Crippen molar-refractivity contribution >= 4 is 28.4 Å². The monoisotopic (exact) mass is 358 g/mol. The van der Waals surface area contributed by atoms with Crippen molar-refractivity contribution in [2.24, 2.45) is 11.8 Å². The van der Waals surface area contributed by atoms with Gasteiger partial charge in [0.05, 0.1) is 29.1 Å². The van der Waals surface area contributed by atoms with Crippen LogP contribution in [0.2, 0.25) is 5.02 Å². The first-order valence-corrected chi connectivity index (χ1v) is 8.49. The molecule has 5 rings (SSSR count). The quantitative estimate of drug-likeness (QED) is 0.666. The summed E-state index contributed by atoms with van der Waals surface area (Å²) in [6.45, 7) is 0. The highest BCUT2D eigenvalue weighted by atomic mass is 35.5. The van der Waals surface area contributed by atoms with Crippen molar-refractivity contribution in [1.82, 2.24) is 20.7 Å². The molecule has 3 N–H and O–H groups in total. The molecule has 2 heterocycles. The number of amides is 1. The molecular formula is C17H15ClN4O3. The smallest absolute Gasteiger partial charge is 0.256 e. The normalized spacial score (nSPS) is 30.4. The third-order valence-electron chi connectivity index (χ3n) is 5.50. The fraction of sp³-hybridized carbons (Fsp3) is 0.353. The Balaban J connectivity index is 1.35. The third kappa shape index (κ3) is 2.26. The van der Waals surface area contributed by atoms with Crippen LogP contribution >= 0.6 is 11.6 Å². The minimum atomic E-state index is -0.944. The summed E-state index contributed by atoms with van der Waals surface area (Å²) in [5.41, 5.74) is 1.09. The lowest BCUT2D eigenvalue weighted by atomic mass is 9.86. The number of rotatable bonds is 3. The number of aromatic amines is 1. The summed E-state index contributed by atoms with van der Waals surface area (Å²) >= 11 is 6.19. The van der Waals surface area contributed by atoms with Crippen molar-refractivity contribution in [3.8, 4) is 0 Å². The molecule has 0 saturated heterocycles. The van der Waals surface area contributed by atoms with E-state index in [1.54, 1.807) is 12.3 Å². The minimum absolute atomic E-state index is 0.0849. The average Bonchev–Trinajstić information content (AvgIpc) is 3.12. The van der Waals surface area contributed by atoms with Gasteiger partial charge in [0.2, 0.25) is 0 Å². The molecule has 2 aliphatic carbocycles. The highest BCUT2D eigenvalue weighted by molar-refractivity contribution is 6.31. The summed E-state index contributed by atoms with van der Waals surface area (Å²) in [7, 11) is 0. The zero-order valence-electron chi connectivity index (χ0n) is 13.1. The largest absolute Gasteiger partial charge is 0.385 e. The lowest BCUT2D eigenvalue weighted by molar-refractivity contribution is 0.0293. The standard InChI is InChI=1S/C17H15ClN4O3/c18-9-1-13(12-6-19-22-14(12)2-9)17(24)3-10-11(4-17)15(10)21-16(23)8-5-20-25-7-8/h1-2,5-7,10-11,15,24H,3-4H2,(H,19,22)(H,21,23)/t10-,11+,15?,17+. The second-order valence-electron chi connectivity index (χ2n) is 6.96. The summed E-state index contributed by atoms with van der Waals surface area (Å²) in [6, 6.07) is 3.70. The predicted molar refractivity (Wildman–Crippen MR) is 89.0 cm³/mol. The predicted octanol–water partition coefficient (Wildman–Crippen LogP) is 2.23. The van der Waals surface area contributed by atoms with E-state index < -0.39 is 5.60 Å². The van der Waals surface area contributed by atoms with Crippen LogP contribution in [0.15, 0.2) is 35.3 Å². The Kier molecular flexibility index (Phi) is 3.02. The summed E-state index contributed by atoms with van der Waals surface area (Å²) in [6.07, 6.45) is 5.62. The van der Waals surface area contributed by atoms with Crippen LogP contribution in [0.4, 0.5) is 0 Å². The van der Waals surface area contributed by atoms with Gasteiger partial charge in [-0.15, -0.1) is 0 Å². The molecule has 8 heteroatoms. The molecule has 128 valence electrons. The molecule has 0 bridgehead atoms. The van der Waals surface area contributed by atoms with E-state index in [9.17, 15) is 9.90 Å². The maximum atomic E-state index is 12.1. The Bertz CT molecular complexity index is 956. The van der Waals surface area contributed by atoms with Crippen LogP contribution in [0.5, 0.6) is 0 Å². The Labute approximate surface area is 147 Å². The van der Waals surface area contributed by atoms with Gasteiger partial charge in [-0.1, -0.05) is 16.8 Å². The Hall–Kier alpha value is -2.38. The van der Waals surface area contributed by atoms with E-state index in [0.29, 0.717) is 23.4 Å². The first kappa shape index (κ1) is 14.9. The van der Waals surface area contributed by atoms with Crippen LogP contribution in [0.3, 0.4) is 0 Å². The van der Waals surface area contributed by atoms with Gasteiger partial charge in [0.1, 0.15) is 6.26 Å². The van der Waals surface area contributed by atoms with Gasteiger partial charge >= 0.3 is 0 Å². The summed E-state index contributed by atoms with van der Waals surface area (Å²) < 4.78 is 4.69. The van der Waals surface area contributed by atoms with Gasteiger partial charge in [0.15, 0.2) is 0 Å². The third-order valence-corrected chi connectivity index (χ3v) is 5.71. The van der Waals surface area contributed by atoms with Crippen molar-refractivity contribution in [1.29, 1.82) is 0 Å². The number of H-pyrrole nitrogens is 1. The molecule has 0 aliphatic heterocycles. The first-order valence-electron chi connectivity index (χ1n) is 8.11. The van der Waals surface area contributed by atoms with Crippen LogP contribution in [-0.4, -0.2) is 32.4 Å². The van der Waals surface area contributed by atoms with Gasteiger partial charge in [-0.3, -0.25) is 9.89 Å². The fourth-order valence-electron chi connectivity index (χ4n) is 4.25. The molecule has 1 amide bonds. The topological polar surface area (TPSA) is 104 Å². The van der Waals surface area contributed by atoms with Gasteiger partial charge in [-0.05, 0) is 42.4 Å². The van der Waals surface area contributed by atoms with E-state index in [4.69, 9.17) is 16.1 Å². The number of nitrogens with zero attached hydrogens (tertiary/aromatic N) is 2. The molecule has 1 aromatic carbocycles. The van der Waals surface area contributed by atoms with Crippen LogP contribution in [0, 0.1) is 11.8 Å². The van der Waals surface area contributed by atoms with E-state index >= 15 is 0 Å². The molecule has 25 heavy (non-hydrogen) atoms. The number of halogens is 1. The van der Waals surface area contributed by atoms with Crippen molar-refractivity contribution in [2.45, 2.75) is 24.5 Å². The van der Waals surface area contributed by atoms with Gasteiger partial charge in [-0.25, -0.2) is 0 Å². The fourth-order valence-corrected chi connectivity index (χ4v) is 4.47. The van der Waals surface area contributed by atoms with Gasteiger partial charge in [0.25, 0.3) is 5.91 Å². The second-order valence-corrected chi connectivity index (χ2v) is 7.40. The SMILES string of the molecule is O=C(NC1[C@H]2C[C@](O)(c3cc(Cl)cc4[nH]ncc34)C[C@@H]12)c1cnoc1. The van der Waals surface area contributed by atoms with Crippen LogP contribution < -0.4 is 5.32 Å². The van der Waals surface area contributed by atoms with Crippen molar-refractivity contribution in [2.75, 3.05) is 0 Å². The van der Waals surface area contributed by atoms with Crippen molar-refractivity contribution in [3.63, 3.8) is 0 Å². The summed E-state index contributed by atoms with van der Waals surface area (Å²) in [5, 5.41) is 26.1. The number of aromatic nitrogens is 3. The van der Waals surface area contributed by atoms with E-state index in [1.165, 1.54) is 12.5 Å². The molecule has 7 nitrogen and oxygen atoms in total. The molecule has 1 unspecified atom stereocenters. The molecule has 2 saturated carbocycles. The number of carbonyl (C=O) groups excluding carboxylic acids is 1. The molecule has 4 atom stereocenters. The van der Waals surface area contributed by atoms with E-state index in [-0.39, 0.29) is 23.8 Å². The zero-order valence-corrected chi connectivity index (χ0v) is 13.8. The number of benzene rings is 1. The van der Waals surface area contributed by atoms with Gasteiger partial charge in [-0.2, -0.15) is 5.10 Å². The summed E-state index contributed by atoms with van der Waals surface area (Å²) in [4.78, 5) is 12.1. The van der Waals surface area contributed by atoms with Crippen molar-refractivity contribution in [3.05, 3.63) is 46.9 Å². The highest BCUT2D eigenvalue weighted by Crippen LogP contribution is 2.60. The minimum Gasteiger partial charge on any atom is -0.385 e. The number of hydrogen-bond acceptors (Lipinski definition) is 5. The number of aliphatic hydroxyl groups is 1. The highest BCUT2D eigenvalue weighted by Gasteiger charge is 2.62. The molecule has 0 radical (unpaired) electrons. The van der Waals surface area contributed by atoms with Gasteiger partial charge < -0.3 is 14.9 Å². The lowest BCUT2D eigenvalue weighted by Gasteiger charge is -2.27. The molecular weight excluding hydrogens is 344 g/mol. The van der Waals surface area contributed by atoms with Crippen LogP contribution in [-0.2, 0) is 5.60 Å². The lowest BCUT2D eigenvalue weighted by Crippen LogP contribution is -2.33. The maximum absolute atomic E-state index is 12.1. The number of carbonyl (C=O) groups is 1. The van der Waals surface area contributed by atoms with E-state index in [0.717, 1.165) is 16.5 Å². The van der Waals surface area contributed by atoms with E-state index in [2.05, 4.69) is 20.7 Å². The van der Waals surface area contributed by atoms with E-state index in [1.807, 2.05) is 6.07 Å². The molecule has 2 fully saturated rings. The molecule has 2 aliphatic rings. The number of hydrogen-bond donors (Lipinski definition) is 3. The second kappa shape index (κ2) is 5.06. The maximum Gasteiger partial charge on any atom is 0.256 e. The van der Waals surface area contributed by atoms with Crippen molar-refractivity contribution < 1.29 is 14.4 Å². The molecule has 2 aromatic heterocycles. The Morgan fingerprint density at radius 1 is 1.36 bits per heavy atom. The Morgan fingerprint density at radius 2 is 2.16 bits per heavy atom. The van der Waals surface area contributed by atoms with Crippen LogP contribution in [0.1, 0.15) is 28.8 Å². The zero-order chi connectivity index (χ0) is 17.2. The number of fused-ring (bicyclic) bond motifs is 2.